The molecule has 0 saturated heterocycles. The van der Waals surface area contributed by atoms with E-state index in [9.17, 15) is 14.7 Å². The van der Waals surface area contributed by atoms with Crippen LogP contribution in [0.15, 0.2) is 18.2 Å². The summed E-state index contributed by atoms with van der Waals surface area (Å²) in [6, 6.07) is 3.78. The molecule has 1 amide bonds. The number of Topliss-reactive ketones (excluding diaryl/α,β-unsaturated/α-hetero) is 1. The highest BCUT2D eigenvalue weighted by molar-refractivity contribution is 6.35. The van der Waals surface area contributed by atoms with Gasteiger partial charge >= 0.3 is 0 Å². The van der Waals surface area contributed by atoms with Crippen LogP contribution in [0.2, 0.25) is 5.02 Å². The van der Waals surface area contributed by atoms with E-state index >= 15 is 0 Å². The van der Waals surface area contributed by atoms with Crippen LogP contribution in [-0.4, -0.2) is 28.9 Å². The first-order valence-electron chi connectivity index (χ1n) is 7.74. The zero-order valence-corrected chi connectivity index (χ0v) is 13.6. The number of hydrogen-bond acceptors (Lipinski definition) is 5. The number of rotatable bonds is 5. The third-order valence-corrected chi connectivity index (χ3v) is 4.78. The lowest BCUT2D eigenvalue weighted by atomic mass is 9.80. The fraction of sp³-hybridized carbons (Fsp3) is 0.500. The molecular weight excluding hydrogens is 318 g/mol. The van der Waals surface area contributed by atoms with Gasteiger partial charge in [-0.2, -0.15) is 0 Å². The summed E-state index contributed by atoms with van der Waals surface area (Å²) in [7, 11) is 0. The van der Waals surface area contributed by atoms with Gasteiger partial charge in [-0.1, -0.05) is 36.9 Å². The summed E-state index contributed by atoms with van der Waals surface area (Å²) in [5.41, 5.74) is 8.05. The van der Waals surface area contributed by atoms with Crippen LogP contribution in [0.25, 0.3) is 0 Å². The Morgan fingerprint density at radius 2 is 1.91 bits per heavy atom. The lowest BCUT2D eigenvalue weighted by Crippen LogP contribution is -2.47. The number of nitrogen functional groups attached to an aromatic ring is 1. The minimum Gasteiger partial charge on any atom is -0.383 e. The number of hydrazine groups is 1. The second-order valence-corrected chi connectivity index (χ2v) is 6.33. The smallest absolute Gasteiger partial charge is 0.265 e. The number of aliphatic hydroxyl groups is 1. The molecule has 6 N–H and O–H groups in total. The van der Waals surface area contributed by atoms with Crippen molar-refractivity contribution in [3.05, 3.63) is 34.3 Å². The molecule has 0 heterocycles. The molecule has 0 aromatic heterocycles. The van der Waals surface area contributed by atoms with Gasteiger partial charge in [0, 0.05) is 6.04 Å². The average Bonchev–Trinajstić information content (AvgIpc) is 2.59. The number of ketones is 1. The van der Waals surface area contributed by atoms with Gasteiger partial charge in [-0.15, -0.1) is 0 Å². The molecular formula is C16H22ClN3O3. The molecule has 0 spiro atoms. The van der Waals surface area contributed by atoms with E-state index in [4.69, 9.17) is 23.2 Å². The van der Waals surface area contributed by atoms with Gasteiger partial charge in [-0.3, -0.25) is 15.0 Å². The molecule has 6 nitrogen and oxygen atoms in total. The van der Waals surface area contributed by atoms with Crippen LogP contribution >= 0.6 is 11.6 Å². The molecule has 1 aromatic rings. The third kappa shape index (κ3) is 3.90. The highest BCUT2D eigenvalue weighted by Gasteiger charge is 2.33. The number of amides is 1. The van der Waals surface area contributed by atoms with Crippen molar-refractivity contribution < 1.29 is 14.7 Å². The Bertz CT molecular complexity index is 588. The first-order valence-corrected chi connectivity index (χ1v) is 8.12. The van der Waals surface area contributed by atoms with E-state index in [2.05, 4.69) is 0 Å². The maximum atomic E-state index is 12.7. The number of carbonyl (C=O) groups is 2. The van der Waals surface area contributed by atoms with Crippen LogP contribution in [0.1, 0.15) is 52.8 Å². The van der Waals surface area contributed by atoms with Crippen LogP contribution in [0, 0.1) is 5.92 Å². The summed E-state index contributed by atoms with van der Waals surface area (Å²) in [6.07, 6.45) is 3.63. The average molecular weight is 340 g/mol. The van der Waals surface area contributed by atoms with Gasteiger partial charge in [-0.25, -0.2) is 5.84 Å². The Hall–Kier alpha value is -1.47. The number of aliphatic hydroxyl groups excluding tert-OH is 1. The van der Waals surface area contributed by atoms with E-state index in [-0.39, 0.29) is 22.1 Å². The Labute approximate surface area is 140 Å². The van der Waals surface area contributed by atoms with Crippen molar-refractivity contribution in [1.82, 2.24) is 5.43 Å². The number of halogens is 1. The second kappa shape index (κ2) is 7.88. The first-order chi connectivity index (χ1) is 11.0. The molecule has 2 rings (SSSR count). The standard InChI is InChI=1S/C16H22ClN3O3/c17-11-8-4-7-10(16(23)20-19)12(11)14(21)15(22)13(18)9-5-2-1-3-6-9/h4,7-9,13,15,22H,1-3,5-6,18-19H2,(H,20,23)/t13-,15?/m1/s1. The summed E-state index contributed by atoms with van der Waals surface area (Å²) >= 11 is 6.07. The molecule has 1 saturated carbocycles. The normalized spacial score (nSPS) is 18.3. The number of nitrogens with one attached hydrogen (secondary N) is 1. The number of benzene rings is 1. The fourth-order valence-electron chi connectivity index (χ4n) is 3.14. The Morgan fingerprint density at radius 3 is 2.52 bits per heavy atom. The molecule has 7 heteroatoms. The summed E-state index contributed by atoms with van der Waals surface area (Å²) in [6.45, 7) is 0. The summed E-state index contributed by atoms with van der Waals surface area (Å²) in [5, 5.41) is 10.5. The molecule has 0 aliphatic heterocycles. The van der Waals surface area contributed by atoms with Gasteiger partial charge in [0.1, 0.15) is 6.10 Å². The summed E-state index contributed by atoms with van der Waals surface area (Å²) in [5.74, 6) is 3.94. The molecule has 23 heavy (non-hydrogen) atoms. The molecule has 0 bridgehead atoms. The topological polar surface area (TPSA) is 118 Å². The Balaban J connectivity index is 2.27. The predicted molar refractivity (Wildman–Crippen MR) is 88.0 cm³/mol. The van der Waals surface area contributed by atoms with Crippen LogP contribution < -0.4 is 17.0 Å². The molecule has 1 fully saturated rings. The highest BCUT2D eigenvalue weighted by atomic mass is 35.5. The van der Waals surface area contributed by atoms with E-state index < -0.39 is 23.8 Å². The maximum Gasteiger partial charge on any atom is 0.265 e. The van der Waals surface area contributed by atoms with Crippen molar-refractivity contribution in [3.8, 4) is 0 Å². The molecule has 1 aliphatic carbocycles. The quantitative estimate of drug-likeness (QED) is 0.280. The minimum absolute atomic E-state index is 0.0277. The van der Waals surface area contributed by atoms with Crippen LogP contribution in [0.4, 0.5) is 0 Å². The van der Waals surface area contributed by atoms with Crippen molar-refractivity contribution in [2.75, 3.05) is 0 Å². The highest BCUT2D eigenvalue weighted by Crippen LogP contribution is 2.29. The van der Waals surface area contributed by atoms with Gasteiger partial charge in [-0.05, 0) is 30.9 Å². The first kappa shape index (κ1) is 17.9. The van der Waals surface area contributed by atoms with E-state index in [1.54, 1.807) is 0 Å². The fourth-order valence-corrected chi connectivity index (χ4v) is 3.41. The molecule has 1 unspecified atom stereocenters. The summed E-state index contributed by atoms with van der Waals surface area (Å²) < 4.78 is 0. The largest absolute Gasteiger partial charge is 0.383 e. The van der Waals surface area contributed by atoms with Crippen molar-refractivity contribution in [1.29, 1.82) is 0 Å². The van der Waals surface area contributed by atoms with Gasteiger partial charge in [0.25, 0.3) is 5.91 Å². The van der Waals surface area contributed by atoms with E-state index in [1.165, 1.54) is 18.2 Å². The number of nitrogens with two attached hydrogens (primary N) is 2. The predicted octanol–water partition coefficient (Wildman–Crippen LogP) is 1.39. The molecule has 1 aliphatic rings. The summed E-state index contributed by atoms with van der Waals surface area (Å²) in [4.78, 5) is 24.5. The van der Waals surface area contributed by atoms with Gasteiger partial charge in [0.15, 0.2) is 5.78 Å². The van der Waals surface area contributed by atoms with Gasteiger partial charge < -0.3 is 10.8 Å². The second-order valence-electron chi connectivity index (χ2n) is 5.92. The lowest BCUT2D eigenvalue weighted by molar-refractivity contribution is 0.0604. The number of carbonyl (C=O) groups excluding carboxylic acids is 2. The Kier molecular flexibility index (Phi) is 6.12. The van der Waals surface area contributed by atoms with Crippen molar-refractivity contribution in [2.24, 2.45) is 17.5 Å². The molecule has 2 atom stereocenters. The van der Waals surface area contributed by atoms with Gasteiger partial charge in [0.05, 0.1) is 16.1 Å². The zero-order chi connectivity index (χ0) is 17.0. The molecule has 1 aromatic carbocycles. The lowest BCUT2D eigenvalue weighted by Gasteiger charge is -2.30. The minimum atomic E-state index is -1.40. The molecule has 126 valence electrons. The Morgan fingerprint density at radius 1 is 1.26 bits per heavy atom. The van der Waals surface area contributed by atoms with E-state index in [0.29, 0.717) is 0 Å². The van der Waals surface area contributed by atoms with Gasteiger partial charge in [0.2, 0.25) is 0 Å². The van der Waals surface area contributed by atoms with Crippen molar-refractivity contribution in [2.45, 2.75) is 44.2 Å². The van der Waals surface area contributed by atoms with E-state index in [1.807, 2.05) is 5.43 Å². The number of hydrogen-bond donors (Lipinski definition) is 4. The third-order valence-electron chi connectivity index (χ3n) is 4.46. The van der Waals surface area contributed by atoms with Crippen LogP contribution in [0.3, 0.4) is 0 Å². The molecule has 0 radical (unpaired) electrons. The van der Waals surface area contributed by atoms with Crippen molar-refractivity contribution >= 4 is 23.3 Å². The SMILES string of the molecule is NNC(=O)c1cccc(Cl)c1C(=O)C(O)[C@H](N)C1CCCCC1. The van der Waals surface area contributed by atoms with Crippen molar-refractivity contribution in [3.63, 3.8) is 0 Å². The van der Waals surface area contributed by atoms with Crippen LogP contribution in [0.5, 0.6) is 0 Å². The van der Waals surface area contributed by atoms with Crippen LogP contribution in [-0.2, 0) is 0 Å². The monoisotopic (exact) mass is 339 g/mol. The zero-order valence-electron chi connectivity index (χ0n) is 12.8. The van der Waals surface area contributed by atoms with E-state index in [0.717, 1.165) is 32.1 Å². The maximum absolute atomic E-state index is 12.7.